The molecular formula is C15H29N3O. The summed E-state index contributed by atoms with van der Waals surface area (Å²) < 4.78 is 0. The Morgan fingerprint density at radius 1 is 1.26 bits per heavy atom. The van der Waals surface area contributed by atoms with Gasteiger partial charge in [0.2, 0.25) is 5.91 Å². The van der Waals surface area contributed by atoms with Crippen molar-refractivity contribution in [2.24, 2.45) is 5.41 Å². The molecule has 2 aliphatic rings. The molecule has 1 atom stereocenters. The lowest BCUT2D eigenvalue weighted by Gasteiger charge is -2.35. The van der Waals surface area contributed by atoms with Crippen molar-refractivity contribution in [2.45, 2.75) is 52.0 Å². The predicted molar refractivity (Wildman–Crippen MR) is 78.1 cm³/mol. The quantitative estimate of drug-likeness (QED) is 0.808. The number of nitrogens with zero attached hydrogens (tertiary/aromatic N) is 1. The lowest BCUT2D eigenvalue weighted by molar-refractivity contribution is -0.131. The summed E-state index contributed by atoms with van der Waals surface area (Å²) in [6.45, 7) is 9.45. The van der Waals surface area contributed by atoms with E-state index in [4.69, 9.17) is 0 Å². The van der Waals surface area contributed by atoms with E-state index >= 15 is 0 Å². The highest BCUT2D eigenvalue weighted by molar-refractivity contribution is 5.82. The fourth-order valence-electron chi connectivity index (χ4n) is 3.15. The van der Waals surface area contributed by atoms with Crippen LogP contribution in [0.15, 0.2) is 0 Å². The van der Waals surface area contributed by atoms with Crippen molar-refractivity contribution in [3.63, 3.8) is 0 Å². The van der Waals surface area contributed by atoms with Crippen LogP contribution < -0.4 is 10.6 Å². The van der Waals surface area contributed by atoms with Crippen LogP contribution in [0.25, 0.3) is 0 Å². The van der Waals surface area contributed by atoms with Crippen LogP contribution in [0.5, 0.6) is 0 Å². The van der Waals surface area contributed by atoms with Gasteiger partial charge in [-0.25, -0.2) is 0 Å². The zero-order chi connectivity index (χ0) is 13.7. The van der Waals surface area contributed by atoms with Gasteiger partial charge in [-0.05, 0) is 58.8 Å². The van der Waals surface area contributed by atoms with Crippen LogP contribution in [0.3, 0.4) is 0 Å². The Labute approximate surface area is 117 Å². The molecule has 0 aliphatic carbocycles. The molecule has 2 heterocycles. The van der Waals surface area contributed by atoms with Crippen molar-refractivity contribution in [1.29, 1.82) is 0 Å². The normalized spacial score (nSPS) is 25.8. The molecule has 2 rings (SSSR count). The van der Waals surface area contributed by atoms with Gasteiger partial charge in [0.1, 0.15) is 0 Å². The Balaban J connectivity index is 1.75. The molecule has 4 heteroatoms. The Morgan fingerprint density at radius 3 is 2.53 bits per heavy atom. The fraction of sp³-hybridized carbons (Fsp3) is 0.933. The third-order valence-corrected chi connectivity index (χ3v) is 4.83. The SMILES string of the molecule is CC(CNC(=O)C1(C)CCNCC1)N1CCCCC1. The van der Waals surface area contributed by atoms with E-state index in [2.05, 4.69) is 29.4 Å². The number of carbonyl (C=O) groups excluding carboxylic acids is 1. The van der Waals surface area contributed by atoms with Gasteiger partial charge in [0.05, 0.1) is 0 Å². The van der Waals surface area contributed by atoms with Gasteiger partial charge >= 0.3 is 0 Å². The van der Waals surface area contributed by atoms with E-state index in [1.54, 1.807) is 0 Å². The molecule has 1 unspecified atom stereocenters. The largest absolute Gasteiger partial charge is 0.354 e. The monoisotopic (exact) mass is 267 g/mol. The van der Waals surface area contributed by atoms with Gasteiger partial charge in [0.15, 0.2) is 0 Å². The fourth-order valence-corrected chi connectivity index (χ4v) is 3.15. The Hall–Kier alpha value is -0.610. The minimum atomic E-state index is -0.160. The summed E-state index contributed by atoms with van der Waals surface area (Å²) in [5.74, 6) is 0.248. The number of rotatable bonds is 4. The molecule has 0 aromatic rings. The smallest absolute Gasteiger partial charge is 0.226 e. The summed E-state index contributed by atoms with van der Waals surface area (Å²) >= 11 is 0. The van der Waals surface area contributed by atoms with Gasteiger partial charge in [0, 0.05) is 18.0 Å². The van der Waals surface area contributed by atoms with Crippen molar-refractivity contribution in [3.05, 3.63) is 0 Å². The van der Waals surface area contributed by atoms with Gasteiger partial charge in [-0.2, -0.15) is 0 Å². The van der Waals surface area contributed by atoms with Crippen LogP contribution in [0.2, 0.25) is 0 Å². The van der Waals surface area contributed by atoms with Crippen LogP contribution in [-0.2, 0) is 4.79 Å². The van der Waals surface area contributed by atoms with E-state index in [1.165, 1.54) is 32.4 Å². The van der Waals surface area contributed by atoms with Gasteiger partial charge < -0.3 is 10.6 Å². The molecule has 110 valence electrons. The third kappa shape index (κ3) is 3.93. The van der Waals surface area contributed by atoms with E-state index in [0.717, 1.165) is 32.5 Å². The number of amides is 1. The minimum Gasteiger partial charge on any atom is -0.354 e. The van der Waals surface area contributed by atoms with E-state index in [9.17, 15) is 4.79 Å². The first-order valence-corrected chi connectivity index (χ1v) is 7.85. The molecule has 2 aliphatic heterocycles. The van der Waals surface area contributed by atoms with Crippen LogP contribution >= 0.6 is 0 Å². The van der Waals surface area contributed by atoms with Crippen molar-refractivity contribution in [1.82, 2.24) is 15.5 Å². The highest BCUT2D eigenvalue weighted by atomic mass is 16.2. The molecule has 4 nitrogen and oxygen atoms in total. The Bertz CT molecular complexity index is 294. The summed E-state index contributed by atoms with van der Waals surface area (Å²) in [7, 11) is 0. The van der Waals surface area contributed by atoms with Gasteiger partial charge in [-0.1, -0.05) is 13.3 Å². The molecule has 0 aromatic carbocycles. The zero-order valence-corrected chi connectivity index (χ0v) is 12.5. The highest BCUT2D eigenvalue weighted by Crippen LogP contribution is 2.27. The van der Waals surface area contributed by atoms with Gasteiger partial charge in [0.25, 0.3) is 0 Å². The summed E-state index contributed by atoms with van der Waals surface area (Å²) in [5, 5.41) is 6.50. The average molecular weight is 267 g/mol. The summed E-state index contributed by atoms with van der Waals surface area (Å²) in [6, 6.07) is 0.467. The number of piperidine rings is 2. The molecule has 2 saturated heterocycles. The lowest BCUT2D eigenvalue weighted by Crippen LogP contribution is -2.50. The van der Waals surface area contributed by atoms with E-state index in [0.29, 0.717) is 6.04 Å². The van der Waals surface area contributed by atoms with Crippen molar-refractivity contribution >= 4 is 5.91 Å². The Morgan fingerprint density at radius 2 is 1.89 bits per heavy atom. The predicted octanol–water partition coefficient (Wildman–Crippen LogP) is 1.37. The molecule has 0 spiro atoms. The molecule has 0 saturated carbocycles. The van der Waals surface area contributed by atoms with Crippen molar-refractivity contribution in [3.8, 4) is 0 Å². The first kappa shape index (κ1) is 14.8. The van der Waals surface area contributed by atoms with E-state index in [-0.39, 0.29) is 11.3 Å². The second kappa shape index (κ2) is 6.71. The van der Waals surface area contributed by atoms with Gasteiger partial charge in [-0.3, -0.25) is 9.69 Å². The molecule has 1 amide bonds. The maximum absolute atomic E-state index is 12.3. The zero-order valence-electron chi connectivity index (χ0n) is 12.5. The molecule has 2 fully saturated rings. The summed E-state index contributed by atoms with van der Waals surface area (Å²) in [4.78, 5) is 14.9. The highest BCUT2D eigenvalue weighted by Gasteiger charge is 2.34. The van der Waals surface area contributed by atoms with Crippen LogP contribution in [0.1, 0.15) is 46.0 Å². The van der Waals surface area contributed by atoms with E-state index in [1.807, 2.05) is 0 Å². The maximum atomic E-state index is 12.3. The molecule has 2 N–H and O–H groups in total. The molecule has 0 bridgehead atoms. The Kier molecular flexibility index (Phi) is 5.22. The number of hydrogen-bond donors (Lipinski definition) is 2. The van der Waals surface area contributed by atoms with Crippen LogP contribution in [0, 0.1) is 5.41 Å². The number of hydrogen-bond acceptors (Lipinski definition) is 3. The summed E-state index contributed by atoms with van der Waals surface area (Å²) in [5.41, 5.74) is -0.160. The first-order valence-electron chi connectivity index (χ1n) is 7.85. The second-order valence-corrected chi connectivity index (χ2v) is 6.47. The van der Waals surface area contributed by atoms with Crippen molar-refractivity contribution < 1.29 is 4.79 Å². The molecule has 0 radical (unpaired) electrons. The topological polar surface area (TPSA) is 44.4 Å². The maximum Gasteiger partial charge on any atom is 0.226 e. The first-order chi connectivity index (χ1) is 9.12. The standard InChI is InChI=1S/C15H29N3O/c1-13(18-10-4-3-5-11-18)12-17-14(19)15(2)6-8-16-9-7-15/h13,16H,3-12H2,1-2H3,(H,17,19). The molecule has 19 heavy (non-hydrogen) atoms. The van der Waals surface area contributed by atoms with Crippen molar-refractivity contribution in [2.75, 3.05) is 32.7 Å². The average Bonchev–Trinajstić information content (AvgIpc) is 2.46. The van der Waals surface area contributed by atoms with Crippen LogP contribution in [0.4, 0.5) is 0 Å². The molecule has 0 aromatic heterocycles. The second-order valence-electron chi connectivity index (χ2n) is 6.47. The number of carbonyl (C=O) groups is 1. The van der Waals surface area contributed by atoms with Gasteiger partial charge in [-0.15, -0.1) is 0 Å². The van der Waals surface area contributed by atoms with Crippen LogP contribution in [-0.4, -0.2) is 49.6 Å². The minimum absolute atomic E-state index is 0.160. The number of likely N-dealkylation sites (tertiary alicyclic amines) is 1. The summed E-state index contributed by atoms with van der Waals surface area (Å²) in [6.07, 6.45) is 5.89. The van der Waals surface area contributed by atoms with E-state index < -0.39 is 0 Å². The third-order valence-electron chi connectivity index (χ3n) is 4.83. The number of nitrogens with one attached hydrogen (secondary N) is 2. The lowest BCUT2D eigenvalue weighted by atomic mass is 9.80. The molecular weight excluding hydrogens is 238 g/mol.